The molecule has 154 valence electrons. The van der Waals surface area contributed by atoms with Crippen molar-refractivity contribution in [2.75, 3.05) is 24.5 Å². The monoisotopic (exact) mass is 405 g/mol. The van der Waals surface area contributed by atoms with Crippen molar-refractivity contribution in [3.8, 4) is 5.82 Å². The molecule has 0 saturated carbocycles. The highest BCUT2D eigenvalue weighted by Gasteiger charge is 2.31. The fourth-order valence-electron chi connectivity index (χ4n) is 4.47. The highest BCUT2D eigenvalue weighted by molar-refractivity contribution is 5.79. The fraction of sp³-hybridized carbons (Fsp3) is 0.348. The zero-order valence-electron chi connectivity index (χ0n) is 16.7. The lowest BCUT2D eigenvalue weighted by atomic mass is 9.93. The lowest BCUT2D eigenvalue weighted by Crippen LogP contribution is -2.44. The van der Waals surface area contributed by atoms with E-state index in [1.165, 1.54) is 6.07 Å². The molecule has 30 heavy (non-hydrogen) atoms. The van der Waals surface area contributed by atoms with Crippen LogP contribution in [0.25, 0.3) is 5.82 Å². The minimum atomic E-state index is -0.236. The Balaban J connectivity index is 1.22. The van der Waals surface area contributed by atoms with Crippen molar-refractivity contribution in [1.29, 1.82) is 0 Å². The van der Waals surface area contributed by atoms with Gasteiger partial charge in [-0.25, -0.2) is 14.4 Å². The van der Waals surface area contributed by atoms with E-state index in [2.05, 4.69) is 14.9 Å². The molecule has 1 aromatic carbocycles. The summed E-state index contributed by atoms with van der Waals surface area (Å²) in [4.78, 5) is 26.0. The van der Waals surface area contributed by atoms with E-state index in [1.54, 1.807) is 12.4 Å². The van der Waals surface area contributed by atoms with Crippen LogP contribution in [0.3, 0.4) is 0 Å². The van der Waals surface area contributed by atoms with Gasteiger partial charge in [0.2, 0.25) is 5.91 Å². The molecule has 2 aliphatic heterocycles. The van der Waals surface area contributed by atoms with Crippen molar-refractivity contribution in [1.82, 2.24) is 19.4 Å². The molecule has 0 N–H and O–H groups in total. The normalized spacial score (nSPS) is 17.1. The number of benzene rings is 1. The van der Waals surface area contributed by atoms with Gasteiger partial charge in [0.05, 0.1) is 0 Å². The zero-order chi connectivity index (χ0) is 20.5. The predicted molar refractivity (Wildman–Crippen MR) is 112 cm³/mol. The molecule has 0 radical (unpaired) electrons. The molecule has 2 aromatic heterocycles. The van der Waals surface area contributed by atoms with Crippen molar-refractivity contribution < 1.29 is 9.18 Å². The average Bonchev–Trinajstić information content (AvgIpc) is 3.33. The number of carbonyl (C=O) groups excluding carboxylic acids is 1. The van der Waals surface area contributed by atoms with Crippen molar-refractivity contribution in [2.45, 2.75) is 25.8 Å². The lowest BCUT2D eigenvalue weighted by Gasteiger charge is -2.36. The Labute approximate surface area is 175 Å². The van der Waals surface area contributed by atoms with Gasteiger partial charge >= 0.3 is 0 Å². The summed E-state index contributed by atoms with van der Waals surface area (Å²) < 4.78 is 15.5. The molecule has 3 aromatic rings. The molecule has 6 nitrogen and oxygen atoms in total. The summed E-state index contributed by atoms with van der Waals surface area (Å²) in [6.07, 6.45) is 7.90. The summed E-state index contributed by atoms with van der Waals surface area (Å²) in [7, 11) is 0. The fourth-order valence-corrected chi connectivity index (χ4v) is 4.47. The van der Waals surface area contributed by atoms with Gasteiger partial charge in [-0.1, -0.05) is 6.07 Å². The number of hydrogen-bond acceptors (Lipinski definition) is 4. The second kappa shape index (κ2) is 7.89. The number of halogens is 1. The van der Waals surface area contributed by atoms with E-state index < -0.39 is 0 Å². The van der Waals surface area contributed by atoms with Gasteiger partial charge in [0.1, 0.15) is 23.8 Å². The van der Waals surface area contributed by atoms with Gasteiger partial charge in [0.15, 0.2) is 0 Å². The Morgan fingerprint density at radius 1 is 0.967 bits per heavy atom. The Kier molecular flexibility index (Phi) is 4.94. The third-order valence-corrected chi connectivity index (χ3v) is 6.17. The van der Waals surface area contributed by atoms with Crippen molar-refractivity contribution in [3.05, 3.63) is 72.1 Å². The van der Waals surface area contributed by atoms with E-state index in [1.807, 2.05) is 46.1 Å². The quantitative estimate of drug-likeness (QED) is 0.672. The number of piperidine rings is 1. The number of nitrogens with zero attached hydrogens (tertiary/aromatic N) is 5. The second-order valence-corrected chi connectivity index (χ2v) is 8.01. The van der Waals surface area contributed by atoms with Gasteiger partial charge < -0.3 is 14.4 Å². The van der Waals surface area contributed by atoms with Crippen LogP contribution in [0.4, 0.5) is 10.2 Å². The van der Waals surface area contributed by atoms with E-state index in [0.29, 0.717) is 13.1 Å². The Morgan fingerprint density at radius 2 is 1.73 bits per heavy atom. The minimum Gasteiger partial charge on any atom is -0.356 e. The van der Waals surface area contributed by atoms with Crippen LogP contribution in [0, 0.1) is 11.7 Å². The third kappa shape index (κ3) is 3.67. The first-order valence-electron chi connectivity index (χ1n) is 10.4. The Morgan fingerprint density at radius 3 is 2.53 bits per heavy atom. The van der Waals surface area contributed by atoms with Crippen LogP contribution < -0.4 is 4.90 Å². The van der Waals surface area contributed by atoms with Crippen molar-refractivity contribution in [2.24, 2.45) is 5.92 Å². The van der Waals surface area contributed by atoms with Crippen LogP contribution in [-0.4, -0.2) is 45.0 Å². The van der Waals surface area contributed by atoms with Gasteiger partial charge in [-0.3, -0.25) is 4.79 Å². The molecule has 1 amide bonds. The molecule has 5 rings (SSSR count). The molecule has 0 unspecified atom stereocenters. The maximum Gasteiger partial charge on any atom is 0.226 e. The smallest absolute Gasteiger partial charge is 0.226 e. The van der Waals surface area contributed by atoms with Gasteiger partial charge in [0.25, 0.3) is 0 Å². The number of hydrogen-bond donors (Lipinski definition) is 0. The highest BCUT2D eigenvalue weighted by Crippen LogP contribution is 2.27. The largest absolute Gasteiger partial charge is 0.356 e. The predicted octanol–water partition coefficient (Wildman–Crippen LogP) is 3.21. The van der Waals surface area contributed by atoms with Crippen molar-refractivity contribution >= 4 is 11.7 Å². The number of rotatable bonds is 3. The zero-order valence-corrected chi connectivity index (χ0v) is 16.7. The first kappa shape index (κ1) is 18.8. The standard InChI is InChI=1S/C23H24FN5O/c24-20-4-3-17-5-12-29(15-19(17)13-20)23(30)18-6-10-28(11-7-18)22-14-21(25-16-26-22)27-8-1-2-9-27/h1-4,8-9,13-14,16,18H,5-7,10-12,15H2. The van der Waals surface area contributed by atoms with E-state index >= 15 is 0 Å². The first-order chi connectivity index (χ1) is 14.7. The molecule has 0 atom stereocenters. The van der Waals surface area contributed by atoms with E-state index in [-0.39, 0.29) is 17.6 Å². The van der Waals surface area contributed by atoms with Gasteiger partial charge in [-0.2, -0.15) is 0 Å². The molecule has 7 heteroatoms. The van der Waals surface area contributed by atoms with E-state index in [0.717, 1.165) is 55.1 Å². The Hall–Kier alpha value is -3.22. The number of fused-ring (bicyclic) bond motifs is 1. The van der Waals surface area contributed by atoms with Crippen LogP contribution in [0.15, 0.2) is 55.1 Å². The molecule has 4 heterocycles. The topological polar surface area (TPSA) is 54.3 Å². The Bertz CT molecular complexity index is 1040. The van der Waals surface area contributed by atoms with Crippen LogP contribution in [0.1, 0.15) is 24.0 Å². The average molecular weight is 405 g/mol. The summed E-state index contributed by atoms with van der Waals surface area (Å²) in [5.74, 6) is 1.70. The van der Waals surface area contributed by atoms with E-state index in [9.17, 15) is 9.18 Å². The number of carbonyl (C=O) groups is 1. The SMILES string of the molecule is O=C(C1CCN(c2cc(-n3cccc3)ncn2)CC1)N1CCc2ccc(F)cc2C1. The summed E-state index contributed by atoms with van der Waals surface area (Å²) >= 11 is 0. The molecular formula is C23H24FN5O. The molecule has 2 aliphatic rings. The van der Waals surface area contributed by atoms with Crippen LogP contribution in [0.5, 0.6) is 0 Å². The minimum absolute atomic E-state index is 0.0158. The lowest BCUT2D eigenvalue weighted by molar-refractivity contribution is -0.137. The second-order valence-electron chi connectivity index (χ2n) is 8.01. The highest BCUT2D eigenvalue weighted by atomic mass is 19.1. The number of amides is 1. The number of aromatic nitrogens is 3. The summed E-state index contributed by atoms with van der Waals surface area (Å²) in [6, 6.07) is 10.8. The van der Waals surface area contributed by atoms with Crippen LogP contribution in [-0.2, 0) is 17.8 Å². The summed E-state index contributed by atoms with van der Waals surface area (Å²) in [5.41, 5.74) is 2.09. The molecule has 1 fully saturated rings. The molecule has 1 saturated heterocycles. The number of anilines is 1. The van der Waals surface area contributed by atoms with Gasteiger partial charge in [-0.05, 0) is 54.7 Å². The van der Waals surface area contributed by atoms with Crippen LogP contribution in [0.2, 0.25) is 0 Å². The van der Waals surface area contributed by atoms with Gasteiger partial charge in [-0.15, -0.1) is 0 Å². The molecule has 0 spiro atoms. The maximum atomic E-state index is 13.6. The van der Waals surface area contributed by atoms with E-state index in [4.69, 9.17) is 0 Å². The molecular weight excluding hydrogens is 381 g/mol. The summed E-state index contributed by atoms with van der Waals surface area (Å²) in [6.45, 7) is 2.80. The van der Waals surface area contributed by atoms with Gasteiger partial charge in [0, 0.05) is 50.6 Å². The third-order valence-electron chi connectivity index (χ3n) is 6.17. The maximum absolute atomic E-state index is 13.6. The van der Waals surface area contributed by atoms with Crippen molar-refractivity contribution in [3.63, 3.8) is 0 Å². The molecule has 0 aliphatic carbocycles. The first-order valence-corrected chi connectivity index (χ1v) is 10.4. The van der Waals surface area contributed by atoms with Crippen LogP contribution >= 0.6 is 0 Å². The summed E-state index contributed by atoms with van der Waals surface area (Å²) in [5, 5.41) is 0. The molecule has 0 bridgehead atoms.